The summed E-state index contributed by atoms with van der Waals surface area (Å²) in [5, 5.41) is 13.3. The van der Waals surface area contributed by atoms with E-state index in [0.717, 1.165) is 6.42 Å². The summed E-state index contributed by atoms with van der Waals surface area (Å²) < 4.78 is 5.40. The van der Waals surface area contributed by atoms with Gasteiger partial charge in [0.2, 0.25) is 11.9 Å². The zero-order chi connectivity index (χ0) is 31.4. The van der Waals surface area contributed by atoms with E-state index in [4.69, 9.17) is 9.72 Å². The standard InChI is InChI=1S/C31H41N7O5/c1-6-19-36(5)31(42)43-24-14-12-22(13-15-24)20-25(29(40)41)34-27-26(21-33-30(35-27)37(7-2)8-3)38(9-4)28(39)23-11-10-17-32-18-16-23/h10-18,21,23,25H,6-9,19-20H2,1-5H3,(H,40,41)(H,33,34,35). The highest BCUT2D eigenvalue weighted by Crippen LogP contribution is 2.29. The zero-order valence-electron chi connectivity index (χ0n) is 25.4. The summed E-state index contributed by atoms with van der Waals surface area (Å²) in [7, 11) is 1.67. The molecular formula is C31H41N7O5. The maximum absolute atomic E-state index is 13.6. The number of hydrogen-bond donors (Lipinski definition) is 2. The number of amides is 2. The SMILES string of the molecule is CCCN(C)C(=O)Oc1ccc(CC(Nc2nc(N(CC)CC)ncc2N(CC)C(=O)C2C=CC=NC=C2)C(=O)O)cc1. The molecule has 0 bridgehead atoms. The van der Waals surface area contributed by atoms with Gasteiger partial charge < -0.3 is 29.9 Å². The molecule has 0 saturated carbocycles. The number of aliphatic carboxylic acids is 1. The lowest BCUT2D eigenvalue weighted by molar-refractivity contribution is -0.137. The van der Waals surface area contributed by atoms with E-state index in [1.807, 2.05) is 32.6 Å². The van der Waals surface area contributed by atoms with Crippen molar-refractivity contribution in [2.24, 2.45) is 10.9 Å². The molecule has 3 rings (SSSR count). The van der Waals surface area contributed by atoms with E-state index in [1.165, 1.54) is 9.80 Å². The summed E-state index contributed by atoms with van der Waals surface area (Å²) in [5.41, 5.74) is 1.08. The first kappa shape index (κ1) is 32.8. The molecule has 2 aromatic rings. The summed E-state index contributed by atoms with van der Waals surface area (Å²) in [5.74, 6) is -0.839. The first-order valence-electron chi connectivity index (χ1n) is 14.5. The minimum Gasteiger partial charge on any atom is -0.480 e. The van der Waals surface area contributed by atoms with Gasteiger partial charge >= 0.3 is 12.1 Å². The molecule has 12 heteroatoms. The molecule has 2 unspecified atom stereocenters. The van der Waals surface area contributed by atoms with E-state index < -0.39 is 24.0 Å². The van der Waals surface area contributed by atoms with Gasteiger partial charge in [0.15, 0.2) is 5.82 Å². The Kier molecular flexibility index (Phi) is 12.2. The van der Waals surface area contributed by atoms with Crippen molar-refractivity contribution in [2.45, 2.75) is 46.6 Å². The molecule has 0 aliphatic carbocycles. The fourth-order valence-electron chi connectivity index (χ4n) is 4.49. The lowest BCUT2D eigenvalue weighted by atomic mass is 10.1. The van der Waals surface area contributed by atoms with Crippen LogP contribution in [0.5, 0.6) is 5.75 Å². The first-order chi connectivity index (χ1) is 20.7. The molecular weight excluding hydrogens is 550 g/mol. The number of carboxylic acid groups (broad SMARTS) is 1. The third kappa shape index (κ3) is 8.87. The third-order valence-corrected chi connectivity index (χ3v) is 6.88. The van der Waals surface area contributed by atoms with E-state index in [-0.39, 0.29) is 18.1 Å². The van der Waals surface area contributed by atoms with Crippen molar-refractivity contribution in [1.29, 1.82) is 0 Å². The number of hydrogen-bond acceptors (Lipinski definition) is 9. The summed E-state index contributed by atoms with van der Waals surface area (Å²) in [4.78, 5) is 56.5. The monoisotopic (exact) mass is 591 g/mol. The molecule has 1 aliphatic heterocycles. The number of rotatable bonds is 14. The summed E-state index contributed by atoms with van der Waals surface area (Å²) >= 11 is 0. The van der Waals surface area contributed by atoms with Gasteiger partial charge in [0, 0.05) is 52.1 Å². The average Bonchev–Trinajstić information content (AvgIpc) is 3.29. The van der Waals surface area contributed by atoms with Crippen molar-refractivity contribution in [3.63, 3.8) is 0 Å². The number of aliphatic imine (C=N–C) groups is 1. The van der Waals surface area contributed by atoms with Crippen LogP contribution in [0.1, 0.15) is 39.7 Å². The van der Waals surface area contributed by atoms with Gasteiger partial charge in [0.05, 0.1) is 12.1 Å². The minimum atomic E-state index is -1.09. The van der Waals surface area contributed by atoms with Gasteiger partial charge in [-0.3, -0.25) is 9.79 Å². The number of nitrogens with one attached hydrogen (secondary N) is 1. The molecule has 2 heterocycles. The van der Waals surface area contributed by atoms with Gasteiger partial charge in [-0.15, -0.1) is 0 Å². The Morgan fingerprint density at radius 2 is 1.77 bits per heavy atom. The number of nitrogens with zero attached hydrogens (tertiary/aromatic N) is 6. The minimum absolute atomic E-state index is 0.106. The number of carboxylic acids is 1. The van der Waals surface area contributed by atoms with Crippen LogP contribution >= 0.6 is 0 Å². The summed E-state index contributed by atoms with van der Waals surface area (Å²) in [6.07, 6.45) is 10.4. The Bertz CT molecular complexity index is 1320. The highest BCUT2D eigenvalue weighted by Gasteiger charge is 2.27. The second-order valence-corrected chi connectivity index (χ2v) is 9.88. The Morgan fingerprint density at radius 1 is 1.05 bits per heavy atom. The number of allylic oxidation sites excluding steroid dienone is 1. The third-order valence-electron chi connectivity index (χ3n) is 6.88. The second-order valence-electron chi connectivity index (χ2n) is 9.88. The van der Waals surface area contributed by atoms with E-state index in [2.05, 4.69) is 15.3 Å². The molecule has 2 amide bonds. The smallest absolute Gasteiger partial charge is 0.414 e. The van der Waals surface area contributed by atoms with Gasteiger partial charge in [-0.05, 0) is 57.0 Å². The quantitative estimate of drug-likeness (QED) is 0.327. The van der Waals surface area contributed by atoms with Crippen molar-refractivity contribution >= 4 is 41.6 Å². The molecule has 2 N–H and O–H groups in total. The van der Waals surface area contributed by atoms with Crippen molar-refractivity contribution in [3.8, 4) is 5.75 Å². The number of anilines is 3. The van der Waals surface area contributed by atoms with Crippen LogP contribution in [0.2, 0.25) is 0 Å². The number of ether oxygens (including phenoxy) is 1. The number of carbonyl (C=O) groups is 3. The Morgan fingerprint density at radius 3 is 2.40 bits per heavy atom. The topological polar surface area (TPSA) is 141 Å². The highest BCUT2D eigenvalue weighted by molar-refractivity contribution is 6.00. The van der Waals surface area contributed by atoms with Gasteiger partial charge in [0.25, 0.3) is 0 Å². The van der Waals surface area contributed by atoms with Crippen molar-refractivity contribution in [3.05, 3.63) is 60.5 Å². The van der Waals surface area contributed by atoms with E-state index in [9.17, 15) is 19.5 Å². The zero-order valence-corrected chi connectivity index (χ0v) is 25.4. The highest BCUT2D eigenvalue weighted by atomic mass is 16.6. The summed E-state index contributed by atoms with van der Waals surface area (Å²) in [6.45, 7) is 9.95. The van der Waals surface area contributed by atoms with E-state index in [0.29, 0.717) is 49.1 Å². The molecule has 0 saturated heterocycles. The van der Waals surface area contributed by atoms with Crippen LogP contribution in [-0.2, 0) is 16.0 Å². The molecule has 0 spiro atoms. The predicted molar refractivity (Wildman–Crippen MR) is 168 cm³/mol. The molecule has 12 nitrogen and oxygen atoms in total. The largest absolute Gasteiger partial charge is 0.480 e. The van der Waals surface area contributed by atoms with Crippen molar-refractivity contribution in [2.75, 3.05) is 48.3 Å². The maximum Gasteiger partial charge on any atom is 0.414 e. The van der Waals surface area contributed by atoms with Crippen LogP contribution in [0.3, 0.4) is 0 Å². The molecule has 43 heavy (non-hydrogen) atoms. The van der Waals surface area contributed by atoms with Crippen LogP contribution in [0, 0.1) is 5.92 Å². The number of aromatic nitrogens is 2. The lowest BCUT2D eigenvalue weighted by Crippen LogP contribution is -2.38. The number of carbonyl (C=O) groups excluding carboxylic acids is 2. The Balaban J connectivity index is 1.90. The van der Waals surface area contributed by atoms with E-state index >= 15 is 0 Å². The fraction of sp³-hybridized carbons (Fsp3) is 0.419. The normalized spacial score (nSPS) is 14.5. The van der Waals surface area contributed by atoms with Gasteiger partial charge in [-0.1, -0.05) is 25.1 Å². The van der Waals surface area contributed by atoms with Crippen molar-refractivity contribution in [1.82, 2.24) is 14.9 Å². The van der Waals surface area contributed by atoms with Crippen LogP contribution in [0.4, 0.5) is 22.2 Å². The maximum atomic E-state index is 13.6. The van der Waals surface area contributed by atoms with Crippen molar-refractivity contribution < 1.29 is 24.2 Å². The molecule has 1 aromatic carbocycles. The van der Waals surface area contributed by atoms with Crippen LogP contribution in [-0.4, -0.2) is 83.4 Å². The molecule has 230 valence electrons. The fourth-order valence-corrected chi connectivity index (χ4v) is 4.49. The van der Waals surface area contributed by atoms with Crippen LogP contribution < -0.4 is 19.9 Å². The molecule has 1 aromatic heterocycles. The van der Waals surface area contributed by atoms with Crippen LogP contribution in [0.15, 0.2) is 59.9 Å². The second kappa shape index (κ2) is 16.0. The first-order valence-corrected chi connectivity index (χ1v) is 14.5. The predicted octanol–water partition coefficient (Wildman–Crippen LogP) is 4.39. The van der Waals surface area contributed by atoms with Gasteiger partial charge in [0.1, 0.15) is 17.5 Å². The molecule has 0 fully saturated rings. The average molecular weight is 592 g/mol. The van der Waals surface area contributed by atoms with Gasteiger partial charge in [-0.25, -0.2) is 14.6 Å². The van der Waals surface area contributed by atoms with Crippen LogP contribution in [0.25, 0.3) is 0 Å². The number of benzene rings is 1. The van der Waals surface area contributed by atoms with E-state index in [1.54, 1.807) is 68.2 Å². The Hall–Kier alpha value is -4.74. The van der Waals surface area contributed by atoms with Gasteiger partial charge in [-0.2, -0.15) is 4.98 Å². The summed E-state index contributed by atoms with van der Waals surface area (Å²) in [6, 6.07) is 5.63. The Labute approximate surface area is 252 Å². The molecule has 0 radical (unpaired) electrons. The molecule has 1 aliphatic rings. The molecule has 2 atom stereocenters. The lowest BCUT2D eigenvalue weighted by Gasteiger charge is -2.28.